The summed E-state index contributed by atoms with van der Waals surface area (Å²) in [4.78, 5) is 9.09. The molecule has 3 aromatic rings. The van der Waals surface area contributed by atoms with Crippen molar-refractivity contribution in [2.24, 2.45) is 0 Å². The van der Waals surface area contributed by atoms with E-state index in [4.69, 9.17) is 4.98 Å². The summed E-state index contributed by atoms with van der Waals surface area (Å²) in [7, 11) is 0. The number of hydrogen-bond acceptors (Lipinski definition) is 3. The van der Waals surface area contributed by atoms with Crippen molar-refractivity contribution in [1.29, 1.82) is 0 Å². The summed E-state index contributed by atoms with van der Waals surface area (Å²) in [6.07, 6.45) is 3.85. The second kappa shape index (κ2) is 5.88. The molecule has 0 unspecified atom stereocenters. The van der Waals surface area contributed by atoms with Gasteiger partial charge in [-0.05, 0) is 36.1 Å². The standard InChI is InChI=1S/C17H14N2S/c1-20-17-14(13-7-3-2-4-8-13)10-11-16(19-17)15-9-5-6-12-18-15/h2-12H,1H3. The molecule has 0 bridgehead atoms. The lowest BCUT2D eigenvalue weighted by molar-refractivity contribution is 1.13. The van der Waals surface area contributed by atoms with Crippen molar-refractivity contribution in [2.45, 2.75) is 5.03 Å². The highest BCUT2D eigenvalue weighted by Crippen LogP contribution is 2.30. The van der Waals surface area contributed by atoms with Gasteiger partial charge >= 0.3 is 0 Å². The van der Waals surface area contributed by atoms with Crippen LogP contribution in [0.15, 0.2) is 71.9 Å². The van der Waals surface area contributed by atoms with Crippen LogP contribution < -0.4 is 0 Å². The van der Waals surface area contributed by atoms with Crippen molar-refractivity contribution in [2.75, 3.05) is 6.26 Å². The normalized spacial score (nSPS) is 10.4. The van der Waals surface area contributed by atoms with Gasteiger partial charge in [0, 0.05) is 11.8 Å². The van der Waals surface area contributed by atoms with Crippen molar-refractivity contribution in [3.63, 3.8) is 0 Å². The highest BCUT2D eigenvalue weighted by atomic mass is 32.2. The molecule has 2 aromatic heterocycles. The second-order valence-electron chi connectivity index (χ2n) is 4.33. The van der Waals surface area contributed by atoms with Gasteiger partial charge < -0.3 is 0 Å². The Balaban J connectivity index is 2.07. The fourth-order valence-electron chi connectivity index (χ4n) is 2.09. The quantitative estimate of drug-likeness (QED) is 0.658. The summed E-state index contributed by atoms with van der Waals surface area (Å²) in [6, 6.07) is 20.4. The van der Waals surface area contributed by atoms with Crippen molar-refractivity contribution in [3.8, 4) is 22.5 Å². The Hall–Kier alpha value is -2.13. The van der Waals surface area contributed by atoms with Gasteiger partial charge in [0.05, 0.1) is 11.4 Å². The summed E-state index contributed by atoms with van der Waals surface area (Å²) in [6.45, 7) is 0. The molecule has 0 saturated carbocycles. The fraction of sp³-hybridized carbons (Fsp3) is 0.0588. The van der Waals surface area contributed by atoms with E-state index in [2.05, 4.69) is 29.4 Å². The third-order valence-corrected chi connectivity index (χ3v) is 3.76. The van der Waals surface area contributed by atoms with Gasteiger partial charge in [-0.15, -0.1) is 11.8 Å². The summed E-state index contributed by atoms with van der Waals surface area (Å²) < 4.78 is 0. The first kappa shape index (κ1) is 12.9. The molecule has 0 fully saturated rings. The third kappa shape index (κ3) is 2.58. The molecule has 0 saturated heterocycles. The van der Waals surface area contributed by atoms with E-state index in [0.717, 1.165) is 22.0 Å². The summed E-state index contributed by atoms with van der Waals surface area (Å²) >= 11 is 1.66. The maximum Gasteiger partial charge on any atom is 0.104 e. The molecule has 0 aliphatic carbocycles. The molecule has 98 valence electrons. The minimum atomic E-state index is 0.905. The molecule has 20 heavy (non-hydrogen) atoms. The van der Waals surface area contributed by atoms with Gasteiger partial charge in [0.2, 0.25) is 0 Å². The zero-order valence-electron chi connectivity index (χ0n) is 11.2. The summed E-state index contributed by atoms with van der Waals surface area (Å²) in [5.41, 5.74) is 4.17. The predicted octanol–water partition coefficient (Wildman–Crippen LogP) is 4.53. The molecule has 0 atom stereocenters. The molecule has 0 N–H and O–H groups in total. The van der Waals surface area contributed by atoms with E-state index in [1.165, 1.54) is 5.56 Å². The Morgan fingerprint density at radius 2 is 1.60 bits per heavy atom. The van der Waals surface area contributed by atoms with Crippen LogP contribution in [0.2, 0.25) is 0 Å². The Morgan fingerprint density at radius 1 is 0.800 bits per heavy atom. The van der Waals surface area contributed by atoms with Crippen molar-refractivity contribution >= 4 is 11.8 Å². The molecule has 1 aromatic carbocycles. The zero-order valence-corrected chi connectivity index (χ0v) is 12.0. The predicted molar refractivity (Wildman–Crippen MR) is 84.7 cm³/mol. The number of pyridine rings is 2. The van der Waals surface area contributed by atoms with Crippen LogP contribution in [0.4, 0.5) is 0 Å². The Labute approximate surface area is 122 Å². The van der Waals surface area contributed by atoms with Gasteiger partial charge in [-0.3, -0.25) is 4.98 Å². The highest BCUT2D eigenvalue weighted by molar-refractivity contribution is 7.98. The lowest BCUT2D eigenvalue weighted by Gasteiger charge is -2.09. The monoisotopic (exact) mass is 278 g/mol. The van der Waals surface area contributed by atoms with Gasteiger partial charge in [-0.1, -0.05) is 36.4 Å². The van der Waals surface area contributed by atoms with Crippen molar-refractivity contribution in [3.05, 3.63) is 66.9 Å². The number of nitrogens with zero attached hydrogens (tertiary/aromatic N) is 2. The molecular formula is C17H14N2S. The van der Waals surface area contributed by atoms with Crippen LogP contribution in [0.25, 0.3) is 22.5 Å². The number of benzene rings is 1. The molecule has 3 rings (SSSR count). The van der Waals surface area contributed by atoms with Crippen LogP contribution in [0, 0.1) is 0 Å². The molecule has 0 spiro atoms. The van der Waals surface area contributed by atoms with Crippen molar-refractivity contribution in [1.82, 2.24) is 9.97 Å². The molecule has 0 amide bonds. The van der Waals surface area contributed by atoms with Gasteiger partial charge in [0.15, 0.2) is 0 Å². The van der Waals surface area contributed by atoms with E-state index in [1.807, 2.05) is 42.5 Å². The Bertz CT molecular complexity index is 697. The molecule has 0 aliphatic rings. The van der Waals surface area contributed by atoms with Crippen LogP contribution in [0.5, 0.6) is 0 Å². The topological polar surface area (TPSA) is 25.8 Å². The molecule has 0 radical (unpaired) electrons. The maximum absolute atomic E-state index is 4.74. The van der Waals surface area contributed by atoms with E-state index in [-0.39, 0.29) is 0 Å². The SMILES string of the molecule is CSc1nc(-c2ccccn2)ccc1-c1ccccc1. The number of thioether (sulfide) groups is 1. The molecule has 2 nitrogen and oxygen atoms in total. The van der Waals surface area contributed by atoms with E-state index in [0.29, 0.717) is 0 Å². The van der Waals surface area contributed by atoms with Crippen LogP contribution in [0.1, 0.15) is 0 Å². The first-order valence-electron chi connectivity index (χ1n) is 6.40. The van der Waals surface area contributed by atoms with E-state index in [1.54, 1.807) is 18.0 Å². The average molecular weight is 278 g/mol. The fourth-order valence-corrected chi connectivity index (χ4v) is 2.69. The second-order valence-corrected chi connectivity index (χ2v) is 5.13. The highest BCUT2D eigenvalue weighted by Gasteiger charge is 2.08. The van der Waals surface area contributed by atoms with E-state index < -0.39 is 0 Å². The van der Waals surface area contributed by atoms with Crippen molar-refractivity contribution < 1.29 is 0 Å². The number of hydrogen-bond donors (Lipinski definition) is 0. The first-order chi connectivity index (χ1) is 9.88. The third-order valence-electron chi connectivity index (χ3n) is 3.07. The Kier molecular flexibility index (Phi) is 3.79. The minimum absolute atomic E-state index is 0.905. The average Bonchev–Trinajstić information content (AvgIpc) is 2.56. The smallest absolute Gasteiger partial charge is 0.104 e. The van der Waals surface area contributed by atoms with Gasteiger partial charge in [-0.2, -0.15) is 0 Å². The largest absolute Gasteiger partial charge is 0.255 e. The molecule has 2 heterocycles. The van der Waals surface area contributed by atoms with Crippen LogP contribution in [-0.2, 0) is 0 Å². The van der Waals surface area contributed by atoms with E-state index in [9.17, 15) is 0 Å². The molecular weight excluding hydrogens is 264 g/mol. The Morgan fingerprint density at radius 3 is 2.30 bits per heavy atom. The van der Waals surface area contributed by atoms with Crippen LogP contribution >= 0.6 is 11.8 Å². The maximum atomic E-state index is 4.74. The number of rotatable bonds is 3. The zero-order chi connectivity index (χ0) is 13.8. The lowest BCUT2D eigenvalue weighted by Crippen LogP contribution is -1.91. The van der Waals surface area contributed by atoms with Gasteiger partial charge in [-0.25, -0.2) is 4.98 Å². The van der Waals surface area contributed by atoms with Crippen LogP contribution in [0.3, 0.4) is 0 Å². The molecule has 3 heteroatoms. The minimum Gasteiger partial charge on any atom is -0.255 e. The van der Waals surface area contributed by atoms with Crippen LogP contribution in [-0.4, -0.2) is 16.2 Å². The van der Waals surface area contributed by atoms with Gasteiger partial charge in [0.25, 0.3) is 0 Å². The molecule has 0 aliphatic heterocycles. The summed E-state index contributed by atoms with van der Waals surface area (Å²) in [5.74, 6) is 0. The number of aromatic nitrogens is 2. The van der Waals surface area contributed by atoms with Gasteiger partial charge in [0.1, 0.15) is 5.03 Å². The lowest BCUT2D eigenvalue weighted by atomic mass is 10.1. The van der Waals surface area contributed by atoms with E-state index >= 15 is 0 Å². The first-order valence-corrected chi connectivity index (χ1v) is 7.63. The summed E-state index contributed by atoms with van der Waals surface area (Å²) in [5, 5.41) is 1.03.